The van der Waals surface area contributed by atoms with E-state index in [0.29, 0.717) is 33.5 Å². The maximum absolute atomic E-state index is 13.4. The van der Waals surface area contributed by atoms with Crippen LogP contribution in [0.4, 0.5) is 0 Å². The average molecular weight is 428 g/mol. The molecular weight excluding hydrogens is 408 g/mol. The van der Waals surface area contributed by atoms with Crippen LogP contribution in [0.3, 0.4) is 0 Å². The lowest BCUT2D eigenvalue weighted by Gasteiger charge is -2.18. The Hall–Kier alpha value is -4.26. The number of methoxy groups -OCH3 is 1. The van der Waals surface area contributed by atoms with Gasteiger partial charge in [0, 0.05) is 23.4 Å². The fourth-order valence-electron chi connectivity index (χ4n) is 3.70. The summed E-state index contributed by atoms with van der Waals surface area (Å²) < 4.78 is 6.23. The van der Waals surface area contributed by atoms with Gasteiger partial charge in [-0.25, -0.2) is 14.6 Å². The summed E-state index contributed by atoms with van der Waals surface area (Å²) in [6, 6.07) is 18.9. The first-order chi connectivity index (χ1) is 15.4. The van der Waals surface area contributed by atoms with Crippen molar-refractivity contribution in [3.63, 3.8) is 0 Å². The summed E-state index contributed by atoms with van der Waals surface area (Å²) in [7, 11) is 1.30. The number of ether oxygens (including phenoxy) is 1. The van der Waals surface area contributed by atoms with Crippen molar-refractivity contribution in [3.05, 3.63) is 105 Å². The molecule has 0 amide bonds. The number of benzene rings is 2. The van der Waals surface area contributed by atoms with E-state index in [1.165, 1.54) is 11.7 Å². The molecule has 0 bridgehead atoms. The lowest BCUT2D eigenvalue weighted by molar-refractivity contribution is 0.0599. The fourth-order valence-corrected chi connectivity index (χ4v) is 3.70. The SMILES string of the molecule is COC(=O)c1ccc(Cc2c(C(=O)O)n(-c3ccccc3)c3nc(C)ccc3c2=O)cc1. The predicted molar refractivity (Wildman–Crippen MR) is 120 cm³/mol. The Morgan fingerprint density at radius 2 is 1.69 bits per heavy atom. The maximum Gasteiger partial charge on any atom is 0.353 e. The smallest absolute Gasteiger partial charge is 0.353 e. The van der Waals surface area contributed by atoms with Gasteiger partial charge in [-0.05, 0) is 48.9 Å². The third kappa shape index (κ3) is 3.76. The van der Waals surface area contributed by atoms with Crippen molar-refractivity contribution in [3.8, 4) is 5.69 Å². The van der Waals surface area contributed by atoms with Gasteiger partial charge in [0.25, 0.3) is 0 Å². The van der Waals surface area contributed by atoms with Gasteiger partial charge in [-0.2, -0.15) is 0 Å². The third-order valence-electron chi connectivity index (χ3n) is 5.23. The molecule has 2 aromatic heterocycles. The summed E-state index contributed by atoms with van der Waals surface area (Å²) in [5.41, 5.74) is 2.25. The first-order valence-electron chi connectivity index (χ1n) is 9.92. The third-order valence-corrected chi connectivity index (χ3v) is 5.23. The van der Waals surface area contributed by atoms with Crippen molar-refractivity contribution in [2.75, 3.05) is 7.11 Å². The molecule has 0 aliphatic carbocycles. The summed E-state index contributed by atoms with van der Waals surface area (Å²) in [6.45, 7) is 1.79. The zero-order chi connectivity index (χ0) is 22.8. The van der Waals surface area contributed by atoms with Gasteiger partial charge in [0.05, 0.1) is 18.1 Å². The van der Waals surface area contributed by atoms with Crippen molar-refractivity contribution < 1.29 is 19.4 Å². The Bertz CT molecular complexity index is 1390. The van der Waals surface area contributed by atoms with Gasteiger partial charge >= 0.3 is 11.9 Å². The average Bonchev–Trinajstić information content (AvgIpc) is 2.80. The summed E-state index contributed by atoms with van der Waals surface area (Å²) >= 11 is 0. The molecule has 1 N–H and O–H groups in total. The molecule has 0 aliphatic heterocycles. The molecule has 0 atom stereocenters. The van der Waals surface area contributed by atoms with Crippen LogP contribution in [0.1, 0.15) is 37.7 Å². The minimum absolute atomic E-state index is 0.0819. The number of carboxylic acid groups (broad SMARTS) is 1. The van der Waals surface area contributed by atoms with Crippen LogP contribution in [0.15, 0.2) is 71.5 Å². The Kier molecular flexibility index (Phi) is 5.55. The van der Waals surface area contributed by atoms with Crippen LogP contribution in [-0.2, 0) is 11.2 Å². The van der Waals surface area contributed by atoms with E-state index in [9.17, 15) is 19.5 Å². The van der Waals surface area contributed by atoms with Crippen LogP contribution in [0.25, 0.3) is 16.7 Å². The number of carbonyl (C=O) groups excluding carboxylic acids is 1. The number of rotatable bonds is 5. The van der Waals surface area contributed by atoms with Gasteiger partial charge in [0.15, 0.2) is 5.43 Å². The Morgan fingerprint density at radius 1 is 1.00 bits per heavy atom. The van der Waals surface area contributed by atoms with Crippen molar-refractivity contribution in [2.45, 2.75) is 13.3 Å². The second-order valence-corrected chi connectivity index (χ2v) is 7.32. The van der Waals surface area contributed by atoms with E-state index in [1.807, 2.05) is 6.07 Å². The molecule has 7 nitrogen and oxygen atoms in total. The van der Waals surface area contributed by atoms with Crippen LogP contribution >= 0.6 is 0 Å². The molecule has 0 aliphatic rings. The number of hydrogen-bond acceptors (Lipinski definition) is 5. The van der Waals surface area contributed by atoms with E-state index in [1.54, 1.807) is 67.6 Å². The maximum atomic E-state index is 13.4. The number of aryl methyl sites for hydroxylation is 1. The van der Waals surface area contributed by atoms with Crippen LogP contribution in [0.5, 0.6) is 0 Å². The first kappa shape index (κ1) is 21.0. The zero-order valence-corrected chi connectivity index (χ0v) is 17.5. The number of pyridine rings is 2. The first-order valence-corrected chi connectivity index (χ1v) is 9.92. The molecule has 4 aromatic rings. The van der Waals surface area contributed by atoms with Gasteiger partial charge < -0.3 is 9.84 Å². The number of esters is 1. The lowest BCUT2D eigenvalue weighted by Crippen LogP contribution is -2.24. The van der Waals surface area contributed by atoms with Crippen LogP contribution in [-0.4, -0.2) is 33.7 Å². The number of carbonyl (C=O) groups is 2. The highest BCUT2D eigenvalue weighted by molar-refractivity contribution is 5.93. The Morgan fingerprint density at radius 3 is 2.31 bits per heavy atom. The summed E-state index contributed by atoms with van der Waals surface area (Å²) in [5, 5.41) is 10.5. The quantitative estimate of drug-likeness (QED) is 0.486. The molecule has 0 fully saturated rings. The van der Waals surface area contributed by atoms with Crippen LogP contribution in [0, 0.1) is 6.92 Å². The molecule has 4 rings (SSSR count). The molecular formula is C25H20N2O5. The largest absolute Gasteiger partial charge is 0.477 e. The summed E-state index contributed by atoms with van der Waals surface area (Å²) in [6.07, 6.45) is 0.0819. The molecule has 2 aromatic carbocycles. The molecule has 32 heavy (non-hydrogen) atoms. The monoisotopic (exact) mass is 428 g/mol. The normalized spacial score (nSPS) is 10.8. The zero-order valence-electron chi connectivity index (χ0n) is 17.5. The van der Waals surface area contributed by atoms with Crippen molar-refractivity contribution >= 4 is 23.0 Å². The van der Waals surface area contributed by atoms with Crippen molar-refractivity contribution in [2.24, 2.45) is 0 Å². The van der Waals surface area contributed by atoms with Gasteiger partial charge in [0.1, 0.15) is 11.3 Å². The predicted octanol–water partition coefficient (Wildman–Crippen LogP) is 3.77. The highest BCUT2D eigenvalue weighted by Crippen LogP contribution is 2.23. The molecule has 0 saturated carbocycles. The van der Waals surface area contributed by atoms with E-state index in [-0.39, 0.29) is 23.1 Å². The Balaban J connectivity index is 1.98. The number of nitrogens with zero attached hydrogens (tertiary/aromatic N) is 2. The number of aromatic carboxylic acids is 1. The molecule has 7 heteroatoms. The number of aromatic nitrogens is 2. The van der Waals surface area contributed by atoms with Crippen LogP contribution < -0.4 is 5.43 Å². The molecule has 2 heterocycles. The minimum atomic E-state index is -1.22. The number of para-hydroxylation sites is 1. The molecule has 0 unspecified atom stereocenters. The summed E-state index contributed by atoms with van der Waals surface area (Å²) in [5.74, 6) is -1.70. The van der Waals surface area contributed by atoms with Gasteiger partial charge in [-0.15, -0.1) is 0 Å². The molecule has 0 saturated heterocycles. The Labute approximate surface area is 183 Å². The number of carboxylic acids is 1. The van der Waals surface area contributed by atoms with Crippen LogP contribution in [0.2, 0.25) is 0 Å². The van der Waals surface area contributed by atoms with Crippen molar-refractivity contribution in [1.82, 2.24) is 9.55 Å². The second kappa shape index (κ2) is 8.47. The minimum Gasteiger partial charge on any atom is -0.477 e. The summed E-state index contributed by atoms with van der Waals surface area (Å²) in [4.78, 5) is 42.0. The lowest BCUT2D eigenvalue weighted by atomic mass is 9.99. The highest BCUT2D eigenvalue weighted by atomic mass is 16.5. The molecule has 0 spiro atoms. The van der Waals surface area contributed by atoms with E-state index in [2.05, 4.69) is 4.98 Å². The number of hydrogen-bond donors (Lipinski definition) is 1. The van der Waals surface area contributed by atoms with Crippen molar-refractivity contribution in [1.29, 1.82) is 0 Å². The van der Waals surface area contributed by atoms with E-state index in [4.69, 9.17) is 4.74 Å². The van der Waals surface area contributed by atoms with E-state index in [0.717, 1.165) is 0 Å². The molecule has 0 radical (unpaired) electrons. The molecule has 160 valence electrons. The van der Waals surface area contributed by atoms with E-state index < -0.39 is 11.9 Å². The standard InChI is InChI=1S/C25H20N2O5/c1-15-8-13-19-22(28)20(14-16-9-11-17(12-10-16)25(31)32-2)21(24(29)30)27(23(19)26-15)18-6-4-3-5-7-18/h3-13H,14H2,1-2H3,(H,29,30). The fraction of sp³-hybridized carbons (Fsp3) is 0.120. The second-order valence-electron chi connectivity index (χ2n) is 7.32. The van der Waals surface area contributed by atoms with Gasteiger partial charge in [0.2, 0.25) is 0 Å². The topological polar surface area (TPSA) is 98.5 Å². The van der Waals surface area contributed by atoms with Gasteiger partial charge in [-0.3, -0.25) is 9.36 Å². The highest BCUT2D eigenvalue weighted by Gasteiger charge is 2.24. The van der Waals surface area contributed by atoms with Gasteiger partial charge in [-0.1, -0.05) is 30.3 Å². The van der Waals surface area contributed by atoms with E-state index >= 15 is 0 Å². The number of fused-ring (bicyclic) bond motifs is 1.